The minimum absolute atomic E-state index is 0.0175. The Bertz CT molecular complexity index is 220. The van der Waals surface area contributed by atoms with Gasteiger partial charge in [0.2, 0.25) is 0 Å². The Morgan fingerprint density at radius 2 is 2.08 bits per heavy atom. The van der Waals surface area contributed by atoms with Crippen molar-refractivity contribution in [2.75, 3.05) is 0 Å². The lowest BCUT2D eigenvalue weighted by Crippen LogP contribution is -2.11. The van der Waals surface area contributed by atoms with Gasteiger partial charge in [0.1, 0.15) is 0 Å². The molecule has 12 heavy (non-hydrogen) atoms. The fourth-order valence-corrected chi connectivity index (χ4v) is 1.40. The molecule has 0 aromatic carbocycles. The van der Waals surface area contributed by atoms with E-state index in [4.69, 9.17) is 0 Å². The molecular weight excluding hydrogens is 152 g/mol. The van der Waals surface area contributed by atoms with Gasteiger partial charge in [0.25, 0.3) is 0 Å². The van der Waals surface area contributed by atoms with E-state index in [1.807, 2.05) is 26.8 Å². The van der Waals surface area contributed by atoms with Crippen LogP contribution < -0.4 is 0 Å². The van der Waals surface area contributed by atoms with Crippen molar-refractivity contribution >= 4 is 5.78 Å². The second-order valence-corrected chi connectivity index (χ2v) is 4.44. The average molecular weight is 168 g/mol. The van der Waals surface area contributed by atoms with Crippen LogP contribution in [-0.2, 0) is 4.79 Å². The number of rotatable bonds is 0. The van der Waals surface area contributed by atoms with Crippen molar-refractivity contribution < 1.29 is 9.90 Å². The summed E-state index contributed by atoms with van der Waals surface area (Å²) in [4.78, 5) is 11.2. The highest BCUT2D eigenvalue weighted by atomic mass is 16.3. The van der Waals surface area contributed by atoms with Gasteiger partial charge in [0, 0.05) is 12.0 Å². The van der Waals surface area contributed by atoms with Crippen molar-refractivity contribution in [2.24, 2.45) is 5.41 Å². The zero-order valence-electron chi connectivity index (χ0n) is 7.92. The van der Waals surface area contributed by atoms with Crippen molar-refractivity contribution in [3.63, 3.8) is 0 Å². The van der Waals surface area contributed by atoms with Crippen LogP contribution in [0.25, 0.3) is 0 Å². The molecule has 1 aliphatic rings. The van der Waals surface area contributed by atoms with E-state index in [0.717, 1.165) is 0 Å². The van der Waals surface area contributed by atoms with Gasteiger partial charge in [-0.25, -0.2) is 0 Å². The fourth-order valence-electron chi connectivity index (χ4n) is 1.40. The minimum atomic E-state index is -0.517. The normalized spacial score (nSPS) is 28.5. The summed E-state index contributed by atoms with van der Waals surface area (Å²) < 4.78 is 0. The molecule has 0 radical (unpaired) electrons. The predicted molar refractivity (Wildman–Crippen MR) is 47.8 cm³/mol. The third kappa shape index (κ3) is 2.18. The molecule has 1 atom stereocenters. The summed E-state index contributed by atoms with van der Waals surface area (Å²) in [5, 5.41) is 9.43. The Balaban J connectivity index is 2.86. The third-order valence-electron chi connectivity index (χ3n) is 1.91. The first kappa shape index (κ1) is 9.46. The molecule has 1 N–H and O–H groups in total. The quantitative estimate of drug-likeness (QED) is 0.559. The van der Waals surface area contributed by atoms with Gasteiger partial charge in [0.05, 0.1) is 6.10 Å². The van der Waals surface area contributed by atoms with Crippen LogP contribution >= 0.6 is 0 Å². The maximum absolute atomic E-state index is 11.2. The Labute approximate surface area is 73.3 Å². The molecule has 0 amide bonds. The van der Waals surface area contributed by atoms with Crippen LogP contribution in [0.15, 0.2) is 11.6 Å². The number of hydrogen-bond donors (Lipinski definition) is 1. The van der Waals surface area contributed by atoms with Gasteiger partial charge in [-0.15, -0.1) is 0 Å². The lowest BCUT2D eigenvalue weighted by atomic mass is 9.92. The fraction of sp³-hybridized carbons (Fsp3) is 0.700. The van der Waals surface area contributed by atoms with E-state index in [-0.39, 0.29) is 11.2 Å². The smallest absolute Gasteiger partial charge is 0.161 e. The lowest BCUT2D eigenvalue weighted by molar-refractivity contribution is -0.114. The molecule has 1 unspecified atom stereocenters. The molecular formula is C10H16O2. The largest absolute Gasteiger partial charge is 0.388 e. The van der Waals surface area contributed by atoms with E-state index in [0.29, 0.717) is 18.4 Å². The maximum Gasteiger partial charge on any atom is 0.161 e. The van der Waals surface area contributed by atoms with Crippen LogP contribution in [0.4, 0.5) is 0 Å². The SMILES string of the molecule is CC(C)(C)C=C1C(=O)CCC1O. The van der Waals surface area contributed by atoms with Gasteiger partial charge in [0.15, 0.2) is 5.78 Å². The Morgan fingerprint density at radius 3 is 2.42 bits per heavy atom. The highest BCUT2D eigenvalue weighted by Crippen LogP contribution is 2.26. The van der Waals surface area contributed by atoms with Gasteiger partial charge >= 0.3 is 0 Å². The van der Waals surface area contributed by atoms with Crippen molar-refractivity contribution in [3.05, 3.63) is 11.6 Å². The van der Waals surface area contributed by atoms with Crippen LogP contribution in [0, 0.1) is 5.41 Å². The number of aliphatic hydroxyl groups excluding tert-OH is 1. The second-order valence-electron chi connectivity index (χ2n) is 4.44. The van der Waals surface area contributed by atoms with Crippen LogP contribution in [0.1, 0.15) is 33.6 Å². The predicted octanol–water partition coefficient (Wildman–Crippen LogP) is 1.68. The lowest BCUT2D eigenvalue weighted by Gasteiger charge is -2.14. The van der Waals surface area contributed by atoms with Gasteiger partial charge in [-0.2, -0.15) is 0 Å². The molecule has 1 fully saturated rings. The maximum atomic E-state index is 11.2. The molecule has 0 saturated heterocycles. The minimum Gasteiger partial charge on any atom is -0.388 e. The first-order chi connectivity index (χ1) is 5.40. The zero-order valence-corrected chi connectivity index (χ0v) is 7.92. The summed E-state index contributed by atoms with van der Waals surface area (Å²) >= 11 is 0. The Kier molecular flexibility index (Phi) is 2.38. The Hall–Kier alpha value is -0.630. The highest BCUT2D eigenvalue weighted by molar-refractivity contribution is 5.98. The molecule has 68 valence electrons. The molecule has 1 saturated carbocycles. The van der Waals surface area contributed by atoms with Crippen LogP contribution in [-0.4, -0.2) is 17.0 Å². The standard InChI is InChI=1S/C10H16O2/c1-10(2,3)6-7-8(11)4-5-9(7)12/h6,8,11H,4-5H2,1-3H3. The van der Waals surface area contributed by atoms with Crippen LogP contribution in [0.5, 0.6) is 0 Å². The molecule has 0 bridgehead atoms. The van der Waals surface area contributed by atoms with Crippen molar-refractivity contribution in [1.29, 1.82) is 0 Å². The molecule has 0 spiro atoms. The van der Waals surface area contributed by atoms with Gasteiger partial charge < -0.3 is 5.11 Å². The monoisotopic (exact) mass is 168 g/mol. The summed E-state index contributed by atoms with van der Waals surface area (Å²) in [6, 6.07) is 0. The number of hydrogen-bond acceptors (Lipinski definition) is 2. The molecule has 1 rings (SSSR count). The summed E-state index contributed by atoms with van der Waals surface area (Å²) in [6.45, 7) is 6.08. The van der Waals surface area contributed by atoms with E-state index in [9.17, 15) is 9.90 Å². The van der Waals surface area contributed by atoms with Crippen LogP contribution in [0.2, 0.25) is 0 Å². The van der Waals surface area contributed by atoms with Crippen LogP contribution in [0.3, 0.4) is 0 Å². The number of carbonyl (C=O) groups is 1. The Morgan fingerprint density at radius 1 is 1.50 bits per heavy atom. The first-order valence-electron chi connectivity index (χ1n) is 4.34. The molecule has 2 nitrogen and oxygen atoms in total. The van der Waals surface area contributed by atoms with Crippen molar-refractivity contribution in [3.8, 4) is 0 Å². The highest BCUT2D eigenvalue weighted by Gasteiger charge is 2.27. The van der Waals surface area contributed by atoms with E-state index in [2.05, 4.69) is 0 Å². The first-order valence-corrected chi connectivity index (χ1v) is 4.34. The second kappa shape index (κ2) is 3.02. The molecule has 0 aliphatic heterocycles. The number of Topliss-reactive ketones (excluding diaryl/α,β-unsaturated/α-hetero) is 1. The van der Waals surface area contributed by atoms with E-state index in [1.165, 1.54) is 0 Å². The van der Waals surface area contributed by atoms with Gasteiger partial charge in [-0.05, 0) is 11.8 Å². The number of ketones is 1. The molecule has 0 heterocycles. The summed E-state index contributed by atoms with van der Waals surface area (Å²) in [6.07, 6.45) is 2.47. The number of carbonyl (C=O) groups excluding carboxylic acids is 1. The summed E-state index contributed by atoms with van der Waals surface area (Å²) in [7, 11) is 0. The molecule has 1 aliphatic carbocycles. The summed E-state index contributed by atoms with van der Waals surface area (Å²) in [5.74, 6) is 0.109. The van der Waals surface area contributed by atoms with Crippen molar-refractivity contribution in [1.82, 2.24) is 0 Å². The van der Waals surface area contributed by atoms with E-state index in [1.54, 1.807) is 0 Å². The zero-order chi connectivity index (χ0) is 9.35. The number of aliphatic hydroxyl groups is 1. The number of allylic oxidation sites excluding steroid dienone is 1. The molecule has 2 heteroatoms. The summed E-state index contributed by atoms with van der Waals surface area (Å²) in [5.41, 5.74) is 0.596. The third-order valence-corrected chi connectivity index (χ3v) is 1.91. The average Bonchev–Trinajstić information content (AvgIpc) is 2.16. The molecule has 0 aromatic heterocycles. The molecule has 0 aromatic rings. The van der Waals surface area contributed by atoms with Gasteiger partial charge in [-0.1, -0.05) is 26.8 Å². The van der Waals surface area contributed by atoms with E-state index >= 15 is 0 Å². The van der Waals surface area contributed by atoms with Crippen molar-refractivity contribution in [2.45, 2.75) is 39.7 Å². The topological polar surface area (TPSA) is 37.3 Å². The van der Waals surface area contributed by atoms with E-state index < -0.39 is 6.10 Å². The van der Waals surface area contributed by atoms with Gasteiger partial charge in [-0.3, -0.25) is 4.79 Å².